The van der Waals surface area contributed by atoms with Crippen molar-refractivity contribution in [3.05, 3.63) is 46.1 Å². The number of alkyl halides is 3. The number of hydrogen-bond acceptors (Lipinski definition) is 2. The highest BCUT2D eigenvalue weighted by Crippen LogP contribution is 2.34. The summed E-state index contributed by atoms with van der Waals surface area (Å²) in [5.41, 5.74) is -1.84. The van der Waals surface area contributed by atoms with Gasteiger partial charge >= 0.3 is 6.18 Å². The summed E-state index contributed by atoms with van der Waals surface area (Å²) in [6.45, 7) is 0. The topological polar surface area (TPSA) is 25.8 Å². The largest absolute Gasteiger partial charge is 0.433 e. The summed E-state index contributed by atoms with van der Waals surface area (Å²) in [7, 11) is 0. The number of benzene rings is 1. The molecule has 0 fully saturated rings. The maximum Gasteiger partial charge on any atom is 0.433 e. The molecule has 0 saturated carbocycles. The van der Waals surface area contributed by atoms with Crippen LogP contribution >= 0.6 is 23.2 Å². The third kappa shape index (κ3) is 2.96. The number of aromatic nitrogens is 2. The minimum Gasteiger partial charge on any atom is -0.218 e. The molecule has 0 unspecified atom stereocenters. The van der Waals surface area contributed by atoms with Crippen LogP contribution in [0, 0.1) is 5.82 Å². The lowest BCUT2D eigenvalue weighted by Gasteiger charge is -2.09. The molecule has 0 radical (unpaired) electrons. The zero-order chi connectivity index (χ0) is 14.2. The second kappa shape index (κ2) is 4.94. The van der Waals surface area contributed by atoms with Crippen LogP contribution in [-0.4, -0.2) is 9.97 Å². The van der Waals surface area contributed by atoms with Gasteiger partial charge in [0.15, 0.2) is 0 Å². The predicted octanol–water partition coefficient (Wildman–Crippen LogP) is 4.61. The van der Waals surface area contributed by atoms with Gasteiger partial charge in [0.1, 0.15) is 11.5 Å². The first-order chi connectivity index (χ1) is 8.79. The minimum atomic E-state index is -4.71. The Morgan fingerprint density at radius 1 is 1.05 bits per heavy atom. The zero-order valence-corrected chi connectivity index (χ0v) is 10.5. The van der Waals surface area contributed by atoms with Crippen molar-refractivity contribution in [3.63, 3.8) is 0 Å². The lowest BCUT2D eigenvalue weighted by atomic mass is 10.1. The highest BCUT2D eigenvalue weighted by molar-refractivity contribution is 6.33. The van der Waals surface area contributed by atoms with Crippen molar-refractivity contribution in [2.45, 2.75) is 6.18 Å². The van der Waals surface area contributed by atoms with E-state index < -0.39 is 23.0 Å². The molecule has 0 aliphatic carbocycles. The van der Waals surface area contributed by atoms with Crippen LogP contribution in [0.15, 0.2) is 24.3 Å². The number of rotatable bonds is 1. The Morgan fingerprint density at radius 2 is 1.74 bits per heavy atom. The SMILES string of the molecule is Fc1cccc(Cl)c1-c1cc(C(F)(F)F)nc(Cl)n1. The van der Waals surface area contributed by atoms with Crippen LogP contribution in [-0.2, 0) is 6.18 Å². The molecule has 0 N–H and O–H groups in total. The third-order valence-electron chi connectivity index (χ3n) is 2.21. The summed E-state index contributed by atoms with van der Waals surface area (Å²) < 4.78 is 51.4. The van der Waals surface area contributed by atoms with Crippen LogP contribution in [0.5, 0.6) is 0 Å². The molecule has 19 heavy (non-hydrogen) atoms. The monoisotopic (exact) mass is 310 g/mol. The Morgan fingerprint density at radius 3 is 2.32 bits per heavy atom. The fraction of sp³-hybridized carbons (Fsp3) is 0.0909. The number of nitrogens with zero attached hydrogens (tertiary/aromatic N) is 2. The van der Waals surface area contributed by atoms with E-state index in [1.165, 1.54) is 12.1 Å². The Labute approximate surface area is 115 Å². The molecule has 1 aromatic carbocycles. The summed E-state index contributed by atoms with van der Waals surface area (Å²) in [4.78, 5) is 6.62. The highest BCUT2D eigenvalue weighted by atomic mass is 35.5. The van der Waals surface area contributed by atoms with Gasteiger partial charge in [0.25, 0.3) is 0 Å². The van der Waals surface area contributed by atoms with Crippen LogP contribution in [0.4, 0.5) is 17.6 Å². The molecule has 2 rings (SSSR count). The second-order valence-electron chi connectivity index (χ2n) is 3.50. The standard InChI is InChI=1S/C11H4Cl2F4N2/c12-5-2-1-3-6(14)9(5)7-4-8(11(15,16)17)19-10(13)18-7/h1-4H. The van der Waals surface area contributed by atoms with E-state index in [1.807, 2.05) is 0 Å². The van der Waals surface area contributed by atoms with Crippen LogP contribution in [0.1, 0.15) is 5.69 Å². The van der Waals surface area contributed by atoms with Crippen molar-refractivity contribution >= 4 is 23.2 Å². The van der Waals surface area contributed by atoms with Crippen LogP contribution < -0.4 is 0 Å². The first-order valence-electron chi connectivity index (χ1n) is 4.85. The number of halogens is 6. The molecular weight excluding hydrogens is 307 g/mol. The summed E-state index contributed by atoms with van der Waals surface area (Å²) in [5, 5.41) is -0.702. The van der Waals surface area contributed by atoms with Crippen molar-refractivity contribution in [1.82, 2.24) is 9.97 Å². The summed E-state index contributed by atoms with van der Waals surface area (Å²) in [6.07, 6.45) is -4.71. The predicted molar refractivity (Wildman–Crippen MR) is 62.4 cm³/mol. The summed E-state index contributed by atoms with van der Waals surface area (Å²) in [6, 6.07) is 4.32. The van der Waals surface area contributed by atoms with E-state index in [0.29, 0.717) is 6.07 Å². The van der Waals surface area contributed by atoms with Gasteiger partial charge in [0, 0.05) is 0 Å². The van der Waals surface area contributed by atoms with Gasteiger partial charge in [0.2, 0.25) is 5.28 Å². The third-order valence-corrected chi connectivity index (χ3v) is 2.69. The van der Waals surface area contributed by atoms with Crippen LogP contribution in [0.25, 0.3) is 11.3 Å². The van der Waals surface area contributed by atoms with Crippen molar-refractivity contribution in [2.75, 3.05) is 0 Å². The highest BCUT2D eigenvalue weighted by Gasteiger charge is 2.34. The second-order valence-corrected chi connectivity index (χ2v) is 4.25. The Bertz CT molecular complexity index is 608. The van der Waals surface area contributed by atoms with Gasteiger partial charge < -0.3 is 0 Å². The molecule has 2 aromatic rings. The molecule has 8 heteroatoms. The van der Waals surface area contributed by atoms with Crippen LogP contribution in [0.3, 0.4) is 0 Å². The molecular formula is C11H4Cl2F4N2. The van der Waals surface area contributed by atoms with Gasteiger partial charge in [-0.05, 0) is 29.8 Å². The quantitative estimate of drug-likeness (QED) is 0.568. The molecule has 0 spiro atoms. The lowest BCUT2D eigenvalue weighted by Crippen LogP contribution is -2.09. The van der Waals surface area contributed by atoms with Gasteiger partial charge in [-0.15, -0.1) is 0 Å². The molecule has 1 aromatic heterocycles. The Kier molecular flexibility index (Phi) is 3.64. The Balaban J connectivity index is 2.67. The average Bonchev–Trinajstić information content (AvgIpc) is 2.26. The first-order valence-corrected chi connectivity index (χ1v) is 5.61. The van der Waals surface area contributed by atoms with Gasteiger partial charge in [-0.2, -0.15) is 13.2 Å². The smallest absolute Gasteiger partial charge is 0.218 e. The fourth-order valence-electron chi connectivity index (χ4n) is 1.43. The van der Waals surface area contributed by atoms with Crippen molar-refractivity contribution in [3.8, 4) is 11.3 Å². The van der Waals surface area contributed by atoms with Crippen molar-refractivity contribution in [1.29, 1.82) is 0 Å². The molecule has 1 heterocycles. The van der Waals surface area contributed by atoms with E-state index in [-0.39, 0.29) is 16.3 Å². The maximum atomic E-state index is 13.6. The zero-order valence-electron chi connectivity index (χ0n) is 8.97. The minimum absolute atomic E-state index is 0.0668. The van der Waals surface area contributed by atoms with Crippen LogP contribution in [0.2, 0.25) is 10.3 Å². The van der Waals surface area contributed by atoms with E-state index in [2.05, 4.69) is 9.97 Å². The van der Waals surface area contributed by atoms with E-state index in [9.17, 15) is 17.6 Å². The van der Waals surface area contributed by atoms with E-state index in [0.717, 1.165) is 6.07 Å². The summed E-state index contributed by atoms with van der Waals surface area (Å²) >= 11 is 11.2. The Hall–Kier alpha value is -1.40. The van der Waals surface area contributed by atoms with E-state index in [4.69, 9.17) is 23.2 Å². The molecule has 0 aliphatic rings. The van der Waals surface area contributed by atoms with Gasteiger partial charge in [-0.25, -0.2) is 14.4 Å². The lowest BCUT2D eigenvalue weighted by molar-refractivity contribution is -0.141. The molecule has 2 nitrogen and oxygen atoms in total. The van der Waals surface area contributed by atoms with E-state index >= 15 is 0 Å². The van der Waals surface area contributed by atoms with Crippen molar-refractivity contribution in [2.24, 2.45) is 0 Å². The first kappa shape index (κ1) is 14.0. The molecule has 0 aliphatic heterocycles. The molecule has 0 amide bonds. The maximum absolute atomic E-state index is 13.6. The normalized spacial score (nSPS) is 11.7. The molecule has 0 bridgehead atoms. The molecule has 100 valence electrons. The molecule has 0 saturated heterocycles. The molecule has 0 atom stereocenters. The van der Waals surface area contributed by atoms with Gasteiger partial charge in [0.05, 0.1) is 16.3 Å². The van der Waals surface area contributed by atoms with Crippen molar-refractivity contribution < 1.29 is 17.6 Å². The average molecular weight is 311 g/mol. The van der Waals surface area contributed by atoms with E-state index in [1.54, 1.807) is 0 Å². The van der Waals surface area contributed by atoms with Gasteiger partial charge in [-0.1, -0.05) is 17.7 Å². The number of hydrogen-bond donors (Lipinski definition) is 0. The summed E-state index contributed by atoms with van der Waals surface area (Å²) in [5.74, 6) is -0.796. The van der Waals surface area contributed by atoms with Gasteiger partial charge in [-0.3, -0.25) is 0 Å². The fourth-order valence-corrected chi connectivity index (χ4v) is 1.88.